The van der Waals surface area contributed by atoms with E-state index in [0.29, 0.717) is 6.54 Å². The van der Waals surface area contributed by atoms with Crippen molar-refractivity contribution in [1.29, 1.82) is 0 Å². The van der Waals surface area contributed by atoms with E-state index in [1.54, 1.807) is 11.6 Å². The fourth-order valence-corrected chi connectivity index (χ4v) is 3.68. The third kappa shape index (κ3) is 7.91. The van der Waals surface area contributed by atoms with Crippen LogP contribution in [0.25, 0.3) is 17.0 Å². The SMILES string of the molecule is C1=CNCC1.O=C(/C=C/c1ccc(CN(CCO)CCc2cccc3[nH]ccc23)cc1)NO. The van der Waals surface area contributed by atoms with Crippen molar-refractivity contribution in [3.63, 3.8) is 0 Å². The molecule has 0 fully saturated rings. The van der Waals surface area contributed by atoms with Gasteiger partial charge in [0, 0.05) is 49.4 Å². The Kier molecular flexibility index (Phi) is 9.72. The molecular formula is C26H32N4O3. The van der Waals surface area contributed by atoms with Crippen LogP contribution in [0.1, 0.15) is 23.1 Å². The summed E-state index contributed by atoms with van der Waals surface area (Å²) in [6.45, 7) is 3.46. The van der Waals surface area contributed by atoms with E-state index in [4.69, 9.17) is 5.21 Å². The summed E-state index contributed by atoms with van der Waals surface area (Å²) >= 11 is 0. The molecule has 1 aromatic heterocycles. The van der Waals surface area contributed by atoms with Crippen LogP contribution in [-0.4, -0.2) is 52.3 Å². The quantitative estimate of drug-likeness (QED) is 0.197. The molecule has 1 amide bonds. The zero-order valence-corrected chi connectivity index (χ0v) is 18.7. The Morgan fingerprint density at radius 1 is 1.12 bits per heavy atom. The molecule has 0 atom stereocenters. The van der Waals surface area contributed by atoms with Crippen LogP contribution < -0.4 is 10.8 Å². The maximum absolute atomic E-state index is 11.0. The average Bonchev–Trinajstić information content (AvgIpc) is 3.57. The van der Waals surface area contributed by atoms with Gasteiger partial charge in [0.25, 0.3) is 5.91 Å². The fraction of sp³-hybridized carbons (Fsp3) is 0.269. The van der Waals surface area contributed by atoms with Crippen LogP contribution in [0.5, 0.6) is 0 Å². The van der Waals surface area contributed by atoms with Gasteiger partial charge in [0.15, 0.2) is 0 Å². The van der Waals surface area contributed by atoms with Crippen molar-refractivity contribution in [2.45, 2.75) is 19.4 Å². The Balaban J connectivity index is 0.000000541. The molecule has 0 radical (unpaired) electrons. The summed E-state index contributed by atoms with van der Waals surface area (Å²) in [5, 5.41) is 22.2. The van der Waals surface area contributed by atoms with E-state index in [9.17, 15) is 9.90 Å². The topological polar surface area (TPSA) is 101 Å². The van der Waals surface area contributed by atoms with Crippen LogP contribution in [0.4, 0.5) is 0 Å². The van der Waals surface area contributed by atoms with Gasteiger partial charge in [0.1, 0.15) is 0 Å². The van der Waals surface area contributed by atoms with Gasteiger partial charge in [0.2, 0.25) is 0 Å². The van der Waals surface area contributed by atoms with Crippen molar-refractivity contribution in [3.05, 3.63) is 89.8 Å². The number of benzene rings is 2. The molecule has 0 unspecified atom stereocenters. The van der Waals surface area contributed by atoms with Crippen LogP contribution in [0, 0.1) is 0 Å². The maximum Gasteiger partial charge on any atom is 0.267 e. The first-order valence-corrected chi connectivity index (χ1v) is 11.2. The number of aromatic nitrogens is 1. The molecule has 33 heavy (non-hydrogen) atoms. The summed E-state index contributed by atoms with van der Waals surface area (Å²) in [6, 6.07) is 16.3. The minimum absolute atomic E-state index is 0.117. The first-order chi connectivity index (χ1) is 16.2. The number of hydrogen-bond acceptors (Lipinski definition) is 5. The highest BCUT2D eigenvalue weighted by molar-refractivity contribution is 5.90. The lowest BCUT2D eigenvalue weighted by molar-refractivity contribution is -0.124. The first-order valence-electron chi connectivity index (χ1n) is 11.2. The molecule has 0 saturated carbocycles. The molecule has 0 bridgehead atoms. The number of amides is 1. The molecule has 1 aliphatic heterocycles. The lowest BCUT2D eigenvalue weighted by Crippen LogP contribution is -2.28. The van der Waals surface area contributed by atoms with Crippen molar-refractivity contribution < 1.29 is 15.1 Å². The van der Waals surface area contributed by atoms with E-state index in [2.05, 4.69) is 45.5 Å². The summed E-state index contributed by atoms with van der Waals surface area (Å²) in [5.74, 6) is -0.560. The van der Waals surface area contributed by atoms with Crippen molar-refractivity contribution in [1.82, 2.24) is 20.7 Å². The van der Waals surface area contributed by atoms with Gasteiger partial charge in [-0.15, -0.1) is 0 Å². The fourth-order valence-electron chi connectivity index (χ4n) is 3.68. The lowest BCUT2D eigenvalue weighted by atomic mass is 10.1. The molecule has 4 rings (SSSR count). The van der Waals surface area contributed by atoms with Gasteiger partial charge in [-0.3, -0.25) is 14.9 Å². The van der Waals surface area contributed by atoms with Crippen LogP contribution in [-0.2, 0) is 17.8 Å². The number of nitrogens with one attached hydrogen (secondary N) is 3. The van der Waals surface area contributed by atoms with Gasteiger partial charge >= 0.3 is 0 Å². The van der Waals surface area contributed by atoms with Gasteiger partial charge in [-0.1, -0.05) is 42.5 Å². The zero-order chi connectivity index (χ0) is 23.3. The number of aromatic amines is 1. The summed E-state index contributed by atoms with van der Waals surface area (Å²) in [6.07, 6.45) is 11.1. The largest absolute Gasteiger partial charge is 0.395 e. The van der Waals surface area contributed by atoms with E-state index in [0.717, 1.165) is 42.7 Å². The Morgan fingerprint density at radius 3 is 2.64 bits per heavy atom. The number of rotatable bonds is 9. The molecule has 3 aromatic rings. The minimum atomic E-state index is -0.560. The summed E-state index contributed by atoms with van der Waals surface area (Å²) in [5.41, 5.74) is 6.02. The van der Waals surface area contributed by atoms with Gasteiger partial charge in [-0.2, -0.15) is 0 Å². The Morgan fingerprint density at radius 2 is 1.97 bits per heavy atom. The van der Waals surface area contributed by atoms with Crippen LogP contribution >= 0.6 is 0 Å². The molecule has 1 aliphatic rings. The highest BCUT2D eigenvalue weighted by Crippen LogP contribution is 2.18. The number of aliphatic hydroxyl groups is 1. The number of aliphatic hydroxyl groups excluding tert-OH is 1. The second-order valence-corrected chi connectivity index (χ2v) is 7.80. The van der Waals surface area contributed by atoms with Crippen LogP contribution in [0.15, 0.2) is 73.1 Å². The minimum Gasteiger partial charge on any atom is -0.395 e. The van der Waals surface area contributed by atoms with Crippen molar-refractivity contribution in [2.75, 3.05) is 26.2 Å². The standard InChI is InChI=1S/C22H25N3O3.C4H7N/c26-15-14-25(13-11-19-2-1-3-21-20(19)10-12-23-21)16-18-6-4-17(5-7-18)8-9-22(27)24-28;1-2-4-5-3-1/h1-10,12,23,26,28H,11,13-16H2,(H,24,27);1,3,5H,2,4H2/b9-8+;. The maximum atomic E-state index is 11.0. The number of fused-ring (bicyclic) bond motifs is 1. The molecule has 0 aliphatic carbocycles. The van der Waals surface area contributed by atoms with E-state index >= 15 is 0 Å². The molecular weight excluding hydrogens is 416 g/mol. The highest BCUT2D eigenvalue weighted by atomic mass is 16.5. The van der Waals surface area contributed by atoms with E-state index in [1.165, 1.54) is 23.4 Å². The number of nitrogens with zero attached hydrogens (tertiary/aromatic N) is 1. The molecule has 5 N–H and O–H groups in total. The number of hydroxylamine groups is 1. The second-order valence-electron chi connectivity index (χ2n) is 7.80. The van der Waals surface area contributed by atoms with Crippen molar-refractivity contribution in [2.24, 2.45) is 0 Å². The zero-order valence-electron chi connectivity index (χ0n) is 18.7. The average molecular weight is 449 g/mol. The number of H-pyrrole nitrogens is 1. The van der Waals surface area contributed by atoms with Gasteiger partial charge in [0.05, 0.1) is 6.61 Å². The monoisotopic (exact) mass is 448 g/mol. The van der Waals surface area contributed by atoms with E-state index < -0.39 is 5.91 Å². The van der Waals surface area contributed by atoms with Crippen LogP contribution in [0.2, 0.25) is 0 Å². The number of carbonyl (C=O) groups excluding carboxylic acids is 1. The predicted octanol–water partition coefficient (Wildman–Crippen LogP) is 3.22. The summed E-state index contributed by atoms with van der Waals surface area (Å²) in [4.78, 5) is 16.5. The second kappa shape index (κ2) is 13.2. The molecule has 2 heterocycles. The summed E-state index contributed by atoms with van der Waals surface area (Å²) < 4.78 is 0. The normalized spacial score (nSPS) is 12.7. The van der Waals surface area contributed by atoms with Gasteiger partial charge in [-0.25, -0.2) is 5.48 Å². The third-order valence-electron chi connectivity index (χ3n) is 5.41. The Bertz CT molecular complexity index is 1050. The van der Waals surface area contributed by atoms with Crippen LogP contribution in [0.3, 0.4) is 0 Å². The molecule has 7 nitrogen and oxygen atoms in total. The van der Waals surface area contributed by atoms with Gasteiger partial charge < -0.3 is 15.4 Å². The van der Waals surface area contributed by atoms with Crippen molar-refractivity contribution >= 4 is 22.9 Å². The molecule has 0 spiro atoms. The molecule has 2 aromatic carbocycles. The Labute approximate surface area is 194 Å². The number of carbonyl (C=O) groups is 1. The smallest absolute Gasteiger partial charge is 0.267 e. The number of hydrogen-bond donors (Lipinski definition) is 5. The third-order valence-corrected chi connectivity index (χ3v) is 5.41. The predicted molar refractivity (Wildman–Crippen MR) is 132 cm³/mol. The van der Waals surface area contributed by atoms with E-state index in [-0.39, 0.29) is 6.61 Å². The molecule has 174 valence electrons. The van der Waals surface area contributed by atoms with Gasteiger partial charge in [-0.05, 0) is 53.9 Å². The van der Waals surface area contributed by atoms with Crippen molar-refractivity contribution in [3.8, 4) is 0 Å². The van der Waals surface area contributed by atoms with E-state index in [1.807, 2.05) is 36.7 Å². The lowest BCUT2D eigenvalue weighted by Gasteiger charge is -2.21. The summed E-state index contributed by atoms with van der Waals surface area (Å²) in [7, 11) is 0. The molecule has 0 saturated heterocycles. The highest BCUT2D eigenvalue weighted by Gasteiger charge is 2.08. The Hall–Kier alpha value is -3.39. The molecule has 7 heteroatoms. The first kappa shape index (κ1) is 24.3.